The number of hydrogen-bond donors (Lipinski definition) is 2. The predicted molar refractivity (Wildman–Crippen MR) is 75.7 cm³/mol. The van der Waals surface area contributed by atoms with Crippen molar-refractivity contribution >= 4 is 5.91 Å². The topological polar surface area (TPSA) is 64.3 Å². The van der Waals surface area contributed by atoms with Crippen molar-refractivity contribution in [1.29, 1.82) is 0 Å². The van der Waals surface area contributed by atoms with Gasteiger partial charge in [-0.05, 0) is 44.4 Å². The molecule has 1 amide bonds. The first-order chi connectivity index (χ1) is 9.16. The molecular weight excluding hydrogens is 240 g/mol. The van der Waals surface area contributed by atoms with E-state index in [1.807, 2.05) is 0 Å². The molecule has 2 unspecified atom stereocenters. The largest absolute Gasteiger partial charge is 0.376 e. The van der Waals surface area contributed by atoms with Crippen molar-refractivity contribution in [3.63, 3.8) is 0 Å². The van der Waals surface area contributed by atoms with E-state index in [1.165, 1.54) is 12.8 Å². The molecule has 2 aliphatic rings. The lowest BCUT2D eigenvalue weighted by Gasteiger charge is -2.26. The average Bonchev–Trinajstić information content (AvgIpc) is 2.83. The van der Waals surface area contributed by atoms with Gasteiger partial charge in [0.25, 0.3) is 0 Å². The third-order valence-corrected chi connectivity index (χ3v) is 4.67. The Morgan fingerprint density at radius 3 is 2.58 bits per heavy atom. The number of ether oxygens (including phenoxy) is 1. The third-order valence-electron chi connectivity index (χ3n) is 4.67. The molecule has 2 fully saturated rings. The Bertz CT molecular complexity index is 288. The van der Waals surface area contributed by atoms with Crippen molar-refractivity contribution in [1.82, 2.24) is 5.32 Å². The maximum atomic E-state index is 12.0. The highest BCUT2D eigenvalue weighted by atomic mass is 16.5. The summed E-state index contributed by atoms with van der Waals surface area (Å²) >= 11 is 0. The van der Waals surface area contributed by atoms with Gasteiger partial charge in [-0.15, -0.1) is 0 Å². The fourth-order valence-electron chi connectivity index (χ4n) is 3.32. The van der Waals surface area contributed by atoms with Gasteiger partial charge in [-0.3, -0.25) is 4.79 Å². The Labute approximate surface area is 116 Å². The molecule has 0 saturated heterocycles. The van der Waals surface area contributed by atoms with Crippen LogP contribution in [0.1, 0.15) is 51.9 Å². The monoisotopic (exact) mass is 268 g/mol. The highest BCUT2D eigenvalue weighted by Gasteiger charge is 2.29. The van der Waals surface area contributed by atoms with Crippen LogP contribution in [0.4, 0.5) is 0 Å². The van der Waals surface area contributed by atoms with Gasteiger partial charge < -0.3 is 15.8 Å². The van der Waals surface area contributed by atoms with Crippen LogP contribution in [-0.4, -0.2) is 31.2 Å². The number of rotatable bonds is 5. The van der Waals surface area contributed by atoms with Crippen LogP contribution in [-0.2, 0) is 9.53 Å². The van der Waals surface area contributed by atoms with Gasteiger partial charge in [0.15, 0.2) is 0 Å². The van der Waals surface area contributed by atoms with Crippen LogP contribution in [0.15, 0.2) is 0 Å². The van der Waals surface area contributed by atoms with Gasteiger partial charge in [0.2, 0.25) is 5.91 Å². The lowest BCUT2D eigenvalue weighted by molar-refractivity contribution is -0.126. The van der Waals surface area contributed by atoms with E-state index in [0.717, 1.165) is 32.1 Å². The van der Waals surface area contributed by atoms with Crippen molar-refractivity contribution in [2.24, 2.45) is 17.6 Å². The third kappa shape index (κ3) is 4.46. The van der Waals surface area contributed by atoms with E-state index in [9.17, 15) is 4.79 Å². The molecule has 2 saturated carbocycles. The zero-order valence-electron chi connectivity index (χ0n) is 12.1. The van der Waals surface area contributed by atoms with Crippen molar-refractivity contribution < 1.29 is 9.53 Å². The maximum Gasteiger partial charge on any atom is 0.223 e. The van der Waals surface area contributed by atoms with Gasteiger partial charge in [0, 0.05) is 18.5 Å². The molecule has 0 heterocycles. The van der Waals surface area contributed by atoms with Crippen LogP contribution in [0.5, 0.6) is 0 Å². The second kappa shape index (κ2) is 7.25. The smallest absolute Gasteiger partial charge is 0.223 e. The first-order valence-electron chi connectivity index (χ1n) is 7.81. The summed E-state index contributed by atoms with van der Waals surface area (Å²) in [7, 11) is 0. The van der Waals surface area contributed by atoms with E-state index in [2.05, 4.69) is 12.2 Å². The van der Waals surface area contributed by atoms with E-state index in [1.54, 1.807) is 0 Å². The SMILES string of the molecule is CC1CCCC1C(=O)NCCOC1CCC(N)CC1. The molecule has 110 valence electrons. The molecule has 3 N–H and O–H groups in total. The van der Waals surface area contributed by atoms with Gasteiger partial charge in [-0.25, -0.2) is 0 Å². The first kappa shape index (κ1) is 14.8. The second-order valence-corrected chi connectivity index (χ2v) is 6.21. The van der Waals surface area contributed by atoms with Crippen LogP contribution in [0.3, 0.4) is 0 Å². The standard InChI is InChI=1S/C15H28N2O2/c1-11-3-2-4-14(11)15(18)17-9-10-19-13-7-5-12(16)6-8-13/h11-14H,2-10,16H2,1H3,(H,17,18). The molecule has 0 aromatic heterocycles. The summed E-state index contributed by atoms with van der Waals surface area (Å²) in [6, 6.07) is 0.364. The van der Waals surface area contributed by atoms with Crippen LogP contribution in [0.25, 0.3) is 0 Å². The quantitative estimate of drug-likeness (QED) is 0.748. The average molecular weight is 268 g/mol. The Morgan fingerprint density at radius 1 is 1.21 bits per heavy atom. The number of carbonyl (C=O) groups excluding carboxylic acids is 1. The summed E-state index contributed by atoms with van der Waals surface area (Å²) in [6.45, 7) is 3.45. The first-order valence-corrected chi connectivity index (χ1v) is 7.81. The predicted octanol–water partition coefficient (Wildman–Crippen LogP) is 1.83. The van der Waals surface area contributed by atoms with Crippen molar-refractivity contribution in [2.45, 2.75) is 64.0 Å². The Morgan fingerprint density at radius 2 is 1.95 bits per heavy atom. The van der Waals surface area contributed by atoms with E-state index >= 15 is 0 Å². The summed E-state index contributed by atoms with van der Waals surface area (Å²) in [6.07, 6.45) is 8.04. The highest BCUT2D eigenvalue weighted by Crippen LogP contribution is 2.31. The normalized spacial score (nSPS) is 35.3. The minimum absolute atomic E-state index is 0.222. The zero-order chi connectivity index (χ0) is 13.7. The second-order valence-electron chi connectivity index (χ2n) is 6.21. The van der Waals surface area contributed by atoms with Gasteiger partial charge in [0.05, 0.1) is 12.7 Å². The molecule has 0 aliphatic heterocycles. The molecule has 2 rings (SSSR count). The molecule has 0 aromatic carbocycles. The van der Waals surface area contributed by atoms with Crippen LogP contribution >= 0.6 is 0 Å². The summed E-state index contributed by atoms with van der Waals surface area (Å²) in [4.78, 5) is 12.0. The lowest BCUT2D eigenvalue weighted by atomic mass is 9.94. The van der Waals surface area contributed by atoms with Crippen LogP contribution < -0.4 is 11.1 Å². The summed E-state index contributed by atoms with van der Waals surface area (Å²) in [5.74, 6) is 0.993. The van der Waals surface area contributed by atoms with Gasteiger partial charge in [-0.2, -0.15) is 0 Å². The molecule has 0 aromatic rings. The summed E-state index contributed by atoms with van der Waals surface area (Å²) in [5, 5.41) is 3.01. The number of nitrogens with one attached hydrogen (secondary N) is 1. The van der Waals surface area contributed by atoms with Crippen molar-refractivity contribution in [2.75, 3.05) is 13.2 Å². The minimum Gasteiger partial charge on any atom is -0.376 e. The fourth-order valence-corrected chi connectivity index (χ4v) is 3.32. The number of nitrogens with two attached hydrogens (primary N) is 1. The molecule has 2 aliphatic carbocycles. The molecular formula is C15H28N2O2. The summed E-state index contributed by atoms with van der Waals surface area (Å²) in [5.41, 5.74) is 5.86. The number of carbonyl (C=O) groups is 1. The Balaban J connectivity index is 1.55. The fraction of sp³-hybridized carbons (Fsp3) is 0.933. The molecule has 19 heavy (non-hydrogen) atoms. The summed E-state index contributed by atoms with van der Waals surface area (Å²) < 4.78 is 5.80. The zero-order valence-corrected chi connectivity index (χ0v) is 12.1. The van der Waals surface area contributed by atoms with E-state index < -0.39 is 0 Å². The maximum absolute atomic E-state index is 12.0. The molecule has 2 atom stereocenters. The van der Waals surface area contributed by atoms with Gasteiger partial charge >= 0.3 is 0 Å². The number of hydrogen-bond acceptors (Lipinski definition) is 3. The molecule has 4 nitrogen and oxygen atoms in total. The van der Waals surface area contributed by atoms with Crippen LogP contribution in [0.2, 0.25) is 0 Å². The molecule has 0 spiro atoms. The van der Waals surface area contributed by atoms with E-state index in [0.29, 0.717) is 31.2 Å². The molecule has 4 heteroatoms. The highest BCUT2D eigenvalue weighted by molar-refractivity contribution is 5.79. The van der Waals surface area contributed by atoms with E-state index in [4.69, 9.17) is 10.5 Å². The van der Waals surface area contributed by atoms with E-state index in [-0.39, 0.29) is 11.8 Å². The van der Waals surface area contributed by atoms with Crippen molar-refractivity contribution in [3.05, 3.63) is 0 Å². The van der Waals surface area contributed by atoms with Crippen LogP contribution in [0, 0.1) is 11.8 Å². The molecule has 0 radical (unpaired) electrons. The van der Waals surface area contributed by atoms with Crippen molar-refractivity contribution in [3.8, 4) is 0 Å². The Hall–Kier alpha value is -0.610. The number of amides is 1. The Kier molecular flexibility index (Phi) is 5.64. The lowest BCUT2D eigenvalue weighted by Crippen LogP contribution is -2.36. The van der Waals surface area contributed by atoms with Gasteiger partial charge in [0.1, 0.15) is 0 Å². The van der Waals surface area contributed by atoms with Gasteiger partial charge in [-0.1, -0.05) is 13.3 Å². The minimum atomic E-state index is 0.222. The molecule has 0 bridgehead atoms.